The highest BCUT2D eigenvalue weighted by atomic mass is 16.5. The van der Waals surface area contributed by atoms with E-state index in [4.69, 9.17) is 10.5 Å². The smallest absolute Gasteiger partial charge is 0.330 e. The molecule has 3 aromatic rings. The van der Waals surface area contributed by atoms with E-state index in [-0.39, 0.29) is 36.6 Å². The summed E-state index contributed by atoms with van der Waals surface area (Å²) in [5, 5.41) is 0.234. The molecule has 0 radical (unpaired) electrons. The Morgan fingerprint density at radius 3 is 2.47 bits per heavy atom. The summed E-state index contributed by atoms with van der Waals surface area (Å²) in [6, 6.07) is 6.41. The number of para-hydroxylation sites is 1. The average Bonchev–Trinajstić information content (AvgIpc) is 2.76. The standard InChI is InChI=1S/C20H24N6O6/c1-3-8-25-16(21)15(17(28)23-20(25)31)24(9-10-32-2)14(27)11-26-18(29)12-6-4-5-7-13(12)22-19(26)30/h4-7H,3,8-11,21H2,1-2H3,(H,22,30)(H,23,28,31). The number of anilines is 2. The van der Waals surface area contributed by atoms with Gasteiger partial charge >= 0.3 is 11.4 Å². The van der Waals surface area contributed by atoms with Crippen molar-refractivity contribution in [2.45, 2.75) is 26.4 Å². The molecule has 0 aliphatic rings. The van der Waals surface area contributed by atoms with E-state index < -0.39 is 34.9 Å². The van der Waals surface area contributed by atoms with Gasteiger partial charge in [0.25, 0.3) is 11.1 Å². The van der Waals surface area contributed by atoms with Crippen LogP contribution in [0.4, 0.5) is 11.5 Å². The average molecular weight is 444 g/mol. The Kier molecular flexibility index (Phi) is 6.73. The number of ether oxygens (including phenoxy) is 1. The van der Waals surface area contributed by atoms with Gasteiger partial charge in [-0.3, -0.25) is 28.5 Å². The van der Waals surface area contributed by atoms with E-state index >= 15 is 0 Å². The molecule has 0 atom stereocenters. The summed E-state index contributed by atoms with van der Waals surface area (Å²) in [4.78, 5) is 68.8. The van der Waals surface area contributed by atoms with Crippen molar-refractivity contribution >= 4 is 28.3 Å². The Morgan fingerprint density at radius 1 is 1.09 bits per heavy atom. The summed E-state index contributed by atoms with van der Waals surface area (Å²) in [5.41, 5.74) is 3.20. The highest BCUT2D eigenvalue weighted by Crippen LogP contribution is 2.17. The number of hydrogen-bond acceptors (Lipinski definition) is 7. The molecule has 32 heavy (non-hydrogen) atoms. The van der Waals surface area contributed by atoms with Crippen molar-refractivity contribution in [3.05, 3.63) is 65.9 Å². The second-order valence-electron chi connectivity index (χ2n) is 7.05. The Labute approximate surface area is 180 Å². The van der Waals surface area contributed by atoms with E-state index in [0.717, 1.165) is 14.0 Å². The van der Waals surface area contributed by atoms with Crippen LogP contribution in [0, 0.1) is 0 Å². The predicted molar refractivity (Wildman–Crippen MR) is 119 cm³/mol. The molecule has 3 rings (SSSR count). The fourth-order valence-corrected chi connectivity index (χ4v) is 3.39. The number of methoxy groups -OCH3 is 1. The Balaban J connectivity index is 2.10. The summed E-state index contributed by atoms with van der Waals surface area (Å²) in [6.07, 6.45) is 0.559. The second kappa shape index (κ2) is 9.47. The summed E-state index contributed by atoms with van der Waals surface area (Å²) < 4.78 is 6.93. The van der Waals surface area contributed by atoms with E-state index in [1.807, 2.05) is 6.92 Å². The molecule has 1 amide bonds. The largest absolute Gasteiger partial charge is 0.383 e. The monoisotopic (exact) mass is 444 g/mol. The number of benzene rings is 1. The van der Waals surface area contributed by atoms with Crippen LogP contribution in [-0.2, 0) is 22.6 Å². The van der Waals surface area contributed by atoms with Crippen LogP contribution in [0.15, 0.2) is 43.4 Å². The highest BCUT2D eigenvalue weighted by Gasteiger charge is 2.25. The van der Waals surface area contributed by atoms with Gasteiger partial charge in [-0.05, 0) is 18.6 Å². The summed E-state index contributed by atoms with van der Waals surface area (Å²) >= 11 is 0. The molecule has 12 nitrogen and oxygen atoms in total. The van der Waals surface area contributed by atoms with Crippen LogP contribution in [0.25, 0.3) is 10.9 Å². The van der Waals surface area contributed by atoms with Gasteiger partial charge in [-0.25, -0.2) is 9.59 Å². The number of aromatic nitrogens is 4. The third-order valence-corrected chi connectivity index (χ3v) is 4.93. The van der Waals surface area contributed by atoms with Gasteiger partial charge < -0.3 is 20.4 Å². The van der Waals surface area contributed by atoms with Crippen LogP contribution in [0.2, 0.25) is 0 Å². The summed E-state index contributed by atoms with van der Waals surface area (Å²) in [5.74, 6) is -0.936. The minimum absolute atomic E-state index is 0.0422. The van der Waals surface area contributed by atoms with Gasteiger partial charge in [-0.1, -0.05) is 19.1 Å². The van der Waals surface area contributed by atoms with E-state index in [0.29, 0.717) is 11.9 Å². The lowest BCUT2D eigenvalue weighted by Gasteiger charge is -2.24. The molecule has 12 heteroatoms. The molecule has 2 aromatic heterocycles. The molecule has 0 saturated heterocycles. The van der Waals surface area contributed by atoms with Gasteiger partial charge in [-0.2, -0.15) is 0 Å². The Bertz CT molecular complexity index is 1380. The number of nitrogens with zero attached hydrogens (tertiary/aromatic N) is 3. The van der Waals surface area contributed by atoms with Crippen molar-refractivity contribution in [1.29, 1.82) is 0 Å². The minimum Gasteiger partial charge on any atom is -0.383 e. The molecule has 0 spiro atoms. The van der Waals surface area contributed by atoms with Crippen molar-refractivity contribution in [2.24, 2.45) is 0 Å². The van der Waals surface area contributed by atoms with Crippen molar-refractivity contribution < 1.29 is 9.53 Å². The number of nitrogen functional groups attached to an aromatic ring is 1. The summed E-state index contributed by atoms with van der Waals surface area (Å²) in [7, 11) is 1.41. The number of nitrogens with one attached hydrogen (secondary N) is 2. The van der Waals surface area contributed by atoms with Crippen molar-refractivity contribution in [3.8, 4) is 0 Å². The van der Waals surface area contributed by atoms with Gasteiger partial charge in [0.2, 0.25) is 5.91 Å². The lowest BCUT2D eigenvalue weighted by Crippen LogP contribution is -2.46. The number of aromatic amines is 2. The fraction of sp³-hybridized carbons (Fsp3) is 0.350. The predicted octanol–water partition coefficient (Wildman–Crippen LogP) is -0.788. The number of fused-ring (bicyclic) bond motifs is 1. The third-order valence-electron chi connectivity index (χ3n) is 4.93. The van der Waals surface area contributed by atoms with E-state index in [9.17, 15) is 24.0 Å². The first-order valence-corrected chi connectivity index (χ1v) is 9.93. The zero-order chi connectivity index (χ0) is 23.4. The molecular weight excluding hydrogens is 420 g/mol. The van der Waals surface area contributed by atoms with E-state index in [1.54, 1.807) is 18.2 Å². The van der Waals surface area contributed by atoms with Gasteiger partial charge in [0.05, 0.1) is 17.5 Å². The van der Waals surface area contributed by atoms with Gasteiger partial charge in [0.15, 0.2) is 5.69 Å². The Hall–Kier alpha value is -3.93. The fourth-order valence-electron chi connectivity index (χ4n) is 3.39. The molecule has 4 N–H and O–H groups in total. The lowest BCUT2D eigenvalue weighted by molar-refractivity contribution is -0.119. The normalized spacial score (nSPS) is 11.1. The van der Waals surface area contributed by atoms with E-state index in [2.05, 4.69) is 9.97 Å². The number of hydrogen-bond donors (Lipinski definition) is 3. The topological polar surface area (TPSA) is 165 Å². The third kappa shape index (κ3) is 4.25. The van der Waals surface area contributed by atoms with Crippen LogP contribution < -0.4 is 33.1 Å². The molecule has 0 aliphatic carbocycles. The molecule has 0 aliphatic heterocycles. The Morgan fingerprint density at radius 2 is 1.78 bits per heavy atom. The molecule has 170 valence electrons. The lowest BCUT2D eigenvalue weighted by atomic mass is 10.2. The van der Waals surface area contributed by atoms with Crippen LogP contribution in [0.5, 0.6) is 0 Å². The second-order valence-corrected chi connectivity index (χ2v) is 7.05. The first kappa shape index (κ1) is 22.7. The molecular formula is C20H24N6O6. The van der Waals surface area contributed by atoms with Crippen LogP contribution >= 0.6 is 0 Å². The zero-order valence-electron chi connectivity index (χ0n) is 17.7. The van der Waals surface area contributed by atoms with E-state index in [1.165, 1.54) is 13.2 Å². The SMILES string of the molecule is CCCn1c(N)c(N(CCOC)C(=O)Cn2c(=O)[nH]c3ccccc3c2=O)c(=O)[nH]c1=O. The molecule has 2 heterocycles. The molecule has 1 aromatic carbocycles. The van der Waals surface area contributed by atoms with Crippen LogP contribution in [-0.4, -0.2) is 45.3 Å². The highest BCUT2D eigenvalue weighted by molar-refractivity contribution is 5.95. The maximum atomic E-state index is 13.2. The zero-order valence-corrected chi connectivity index (χ0v) is 17.7. The van der Waals surface area contributed by atoms with Gasteiger partial charge in [-0.15, -0.1) is 0 Å². The number of nitrogens with two attached hydrogens (primary N) is 1. The number of amides is 1. The number of carbonyl (C=O) groups is 1. The van der Waals surface area contributed by atoms with Crippen LogP contribution in [0.1, 0.15) is 13.3 Å². The number of carbonyl (C=O) groups excluding carboxylic acids is 1. The summed E-state index contributed by atoms with van der Waals surface area (Å²) in [6.45, 7) is 1.36. The number of rotatable bonds is 8. The van der Waals surface area contributed by atoms with Crippen molar-refractivity contribution in [2.75, 3.05) is 30.9 Å². The molecule has 0 unspecified atom stereocenters. The number of H-pyrrole nitrogens is 2. The first-order chi connectivity index (χ1) is 15.3. The van der Waals surface area contributed by atoms with Gasteiger partial charge in [0, 0.05) is 20.2 Å². The molecule has 0 fully saturated rings. The maximum Gasteiger partial charge on any atom is 0.330 e. The van der Waals surface area contributed by atoms with Crippen LogP contribution in [0.3, 0.4) is 0 Å². The minimum atomic E-state index is -0.857. The maximum absolute atomic E-state index is 13.2. The van der Waals surface area contributed by atoms with Crippen molar-refractivity contribution in [1.82, 2.24) is 19.1 Å². The van der Waals surface area contributed by atoms with Crippen molar-refractivity contribution in [3.63, 3.8) is 0 Å². The quantitative estimate of drug-likeness (QED) is 0.409. The molecule has 0 bridgehead atoms. The molecule has 0 saturated carbocycles. The van der Waals surface area contributed by atoms with Gasteiger partial charge in [0.1, 0.15) is 12.4 Å². The first-order valence-electron chi connectivity index (χ1n) is 9.93.